The summed E-state index contributed by atoms with van der Waals surface area (Å²) in [5.74, 6) is -4.32. The fraction of sp³-hybridized carbons (Fsp3) is 0.733. The van der Waals surface area contributed by atoms with Crippen LogP contribution >= 0.6 is 0 Å². The highest BCUT2D eigenvalue weighted by Gasteiger charge is 2.31. The zero-order valence-corrected chi connectivity index (χ0v) is 14.1. The summed E-state index contributed by atoms with van der Waals surface area (Å²) in [5.41, 5.74) is -0.803. The highest BCUT2D eigenvalue weighted by Crippen LogP contribution is 2.18. The minimum Gasteiger partial charge on any atom is -0.481 e. The normalized spacial score (nSPS) is 14.0. The Morgan fingerprint density at radius 1 is 1.04 bits per heavy atom. The van der Waals surface area contributed by atoms with Crippen molar-refractivity contribution in [2.45, 2.75) is 59.1 Å². The number of hydrogen-bond acceptors (Lipinski definition) is 5. The highest BCUT2D eigenvalue weighted by atomic mass is 16.6. The van der Waals surface area contributed by atoms with Gasteiger partial charge in [0.1, 0.15) is 11.6 Å². The van der Waals surface area contributed by atoms with Gasteiger partial charge in [-0.15, -0.1) is 0 Å². The zero-order valence-electron chi connectivity index (χ0n) is 14.1. The number of aliphatic carboxylic acids is 2. The fourth-order valence-corrected chi connectivity index (χ4v) is 1.84. The molecule has 0 aromatic rings. The second-order valence-corrected chi connectivity index (χ2v) is 6.66. The van der Waals surface area contributed by atoms with Crippen molar-refractivity contribution in [1.29, 1.82) is 0 Å². The summed E-state index contributed by atoms with van der Waals surface area (Å²) in [6.07, 6.45) is -1.92. The van der Waals surface area contributed by atoms with Crippen molar-refractivity contribution in [2.24, 2.45) is 11.8 Å². The zero-order chi connectivity index (χ0) is 18.4. The van der Waals surface area contributed by atoms with Crippen molar-refractivity contribution in [2.75, 3.05) is 0 Å². The third-order valence-corrected chi connectivity index (χ3v) is 3.00. The topological polar surface area (TPSA) is 130 Å². The van der Waals surface area contributed by atoms with E-state index in [-0.39, 0.29) is 12.3 Å². The van der Waals surface area contributed by atoms with E-state index in [2.05, 4.69) is 5.32 Å². The van der Waals surface area contributed by atoms with Gasteiger partial charge < -0.3 is 20.3 Å². The smallest absolute Gasteiger partial charge is 0.408 e. The quantitative estimate of drug-likeness (QED) is 0.616. The average Bonchev–Trinajstić information content (AvgIpc) is 2.30. The Kier molecular flexibility index (Phi) is 7.71. The third kappa shape index (κ3) is 8.80. The molecule has 0 saturated heterocycles. The van der Waals surface area contributed by atoms with Crippen LogP contribution < -0.4 is 5.32 Å². The Bertz CT molecular complexity index is 465. The lowest BCUT2D eigenvalue weighted by atomic mass is 9.88. The summed E-state index contributed by atoms with van der Waals surface area (Å²) < 4.78 is 4.99. The molecule has 1 amide bonds. The van der Waals surface area contributed by atoms with Crippen LogP contribution in [0, 0.1) is 11.8 Å². The molecular formula is C15H25NO7. The van der Waals surface area contributed by atoms with Gasteiger partial charge in [0.2, 0.25) is 0 Å². The molecule has 0 aliphatic carbocycles. The maximum Gasteiger partial charge on any atom is 0.408 e. The van der Waals surface area contributed by atoms with E-state index in [4.69, 9.17) is 14.9 Å². The van der Waals surface area contributed by atoms with Gasteiger partial charge in [0.15, 0.2) is 5.78 Å². The minimum absolute atomic E-state index is 0.302. The van der Waals surface area contributed by atoms with E-state index >= 15 is 0 Å². The molecule has 0 aromatic carbocycles. The van der Waals surface area contributed by atoms with Crippen LogP contribution in [-0.2, 0) is 19.1 Å². The van der Waals surface area contributed by atoms with Crippen LogP contribution in [0.15, 0.2) is 0 Å². The molecule has 0 aliphatic heterocycles. The van der Waals surface area contributed by atoms with Gasteiger partial charge in [0.05, 0.1) is 12.3 Å². The Morgan fingerprint density at radius 2 is 1.57 bits per heavy atom. The predicted octanol–water partition coefficient (Wildman–Crippen LogP) is 1.67. The van der Waals surface area contributed by atoms with Crippen molar-refractivity contribution in [1.82, 2.24) is 5.32 Å². The summed E-state index contributed by atoms with van der Waals surface area (Å²) in [7, 11) is 0. The third-order valence-electron chi connectivity index (χ3n) is 3.00. The number of carbonyl (C=O) groups excluding carboxylic acids is 2. The average molecular weight is 331 g/mol. The van der Waals surface area contributed by atoms with Crippen LogP contribution in [0.25, 0.3) is 0 Å². The fourth-order valence-electron chi connectivity index (χ4n) is 1.84. The maximum absolute atomic E-state index is 12.2. The molecule has 0 aliphatic rings. The molecule has 132 valence electrons. The number of carboxylic acid groups (broad SMARTS) is 2. The van der Waals surface area contributed by atoms with Crippen molar-refractivity contribution in [3.8, 4) is 0 Å². The van der Waals surface area contributed by atoms with Gasteiger partial charge in [-0.1, -0.05) is 13.8 Å². The molecular weight excluding hydrogens is 306 g/mol. The van der Waals surface area contributed by atoms with E-state index in [1.807, 2.05) is 0 Å². The maximum atomic E-state index is 12.2. The molecule has 0 fully saturated rings. The molecule has 3 N–H and O–H groups in total. The molecule has 0 radical (unpaired) electrons. The number of ketones is 1. The Hall–Kier alpha value is -2.12. The van der Waals surface area contributed by atoms with Gasteiger partial charge >= 0.3 is 18.0 Å². The Morgan fingerprint density at radius 3 is 1.91 bits per heavy atom. The lowest BCUT2D eigenvalue weighted by Crippen LogP contribution is -2.45. The summed E-state index contributed by atoms with van der Waals surface area (Å²) >= 11 is 0. The Labute approximate surface area is 135 Å². The van der Waals surface area contributed by atoms with Crippen LogP contribution in [0.4, 0.5) is 4.79 Å². The van der Waals surface area contributed by atoms with Gasteiger partial charge in [-0.25, -0.2) is 4.79 Å². The first-order chi connectivity index (χ1) is 10.3. The SMILES string of the molecule is CC(C)C(CC(=O)[C@H](CC(=O)O)NC(=O)OC(C)(C)C)C(=O)O. The first-order valence-corrected chi connectivity index (χ1v) is 7.30. The Balaban J connectivity index is 5.02. The molecule has 0 spiro atoms. The number of alkyl carbamates (subject to hydrolysis) is 1. The van der Waals surface area contributed by atoms with Gasteiger partial charge in [-0.3, -0.25) is 14.4 Å². The molecule has 0 aromatic heterocycles. The van der Waals surface area contributed by atoms with Gasteiger partial charge in [0, 0.05) is 6.42 Å². The summed E-state index contributed by atoms with van der Waals surface area (Å²) in [6, 6.07) is -1.33. The predicted molar refractivity (Wildman–Crippen MR) is 81.0 cm³/mol. The van der Waals surface area contributed by atoms with Crippen molar-refractivity contribution >= 4 is 23.8 Å². The molecule has 23 heavy (non-hydrogen) atoms. The first-order valence-electron chi connectivity index (χ1n) is 7.30. The number of rotatable bonds is 8. The minimum atomic E-state index is -1.33. The lowest BCUT2D eigenvalue weighted by Gasteiger charge is -2.23. The first kappa shape index (κ1) is 20.9. The number of Topliss-reactive ketones (excluding diaryl/α,β-unsaturated/α-hetero) is 1. The number of amides is 1. The lowest BCUT2D eigenvalue weighted by molar-refractivity contribution is -0.145. The highest BCUT2D eigenvalue weighted by molar-refractivity contribution is 5.92. The van der Waals surface area contributed by atoms with Crippen LogP contribution in [0.5, 0.6) is 0 Å². The molecule has 8 heteroatoms. The largest absolute Gasteiger partial charge is 0.481 e. The van der Waals surface area contributed by atoms with E-state index < -0.39 is 47.8 Å². The van der Waals surface area contributed by atoms with E-state index in [9.17, 15) is 19.2 Å². The van der Waals surface area contributed by atoms with Gasteiger partial charge in [-0.05, 0) is 26.7 Å². The number of carbonyl (C=O) groups is 4. The number of hydrogen-bond donors (Lipinski definition) is 3. The van der Waals surface area contributed by atoms with E-state index in [0.717, 1.165) is 0 Å². The van der Waals surface area contributed by atoms with E-state index in [0.29, 0.717) is 0 Å². The molecule has 2 atom stereocenters. The second kappa shape index (κ2) is 8.50. The number of carboxylic acids is 2. The van der Waals surface area contributed by atoms with Crippen molar-refractivity contribution < 1.29 is 34.1 Å². The van der Waals surface area contributed by atoms with Crippen LogP contribution in [0.3, 0.4) is 0 Å². The van der Waals surface area contributed by atoms with Crippen LogP contribution in [0.1, 0.15) is 47.5 Å². The van der Waals surface area contributed by atoms with E-state index in [1.165, 1.54) is 0 Å². The second-order valence-electron chi connectivity index (χ2n) is 6.66. The van der Waals surface area contributed by atoms with Gasteiger partial charge in [0.25, 0.3) is 0 Å². The van der Waals surface area contributed by atoms with Crippen molar-refractivity contribution in [3.63, 3.8) is 0 Å². The standard InChI is InChI=1S/C15H25NO7/c1-8(2)9(13(20)21)6-11(17)10(7-12(18)19)16-14(22)23-15(3,4)5/h8-10H,6-7H2,1-5H3,(H,16,22)(H,18,19)(H,20,21)/t9?,10-/m0/s1. The summed E-state index contributed by atoms with van der Waals surface area (Å²) in [6.45, 7) is 8.18. The monoisotopic (exact) mass is 331 g/mol. The molecule has 1 unspecified atom stereocenters. The van der Waals surface area contributed by atoms with E-state index in [1.54, 1.807) is 34.6 Å². The number of nitrogens with one attached hydrogen (secondary N) is 1. The molecule has 0 saturated carbocycles. The number of ether oxygens (including phenoxy) is 1. The summed E-state index contributed by atoms with van der Waals surface area (Å²) in [5, 5.41) is 20.2. The van der Waals surface area contributed by atoms with Crippen molar-refractivity contribution in [3.05, 3.63) is 0 Å². The van der Waals surface area contributed by atoms with Crippen LogP contribution in [-0.4, -0.2) is 45.7 Å². The van der Waals surface area contributed by atoms with Gasteiger partial charge in [-0.2, -0.15) is 0 Å². The molecule has 8 nitrogen and oxygen atoms in total. The summed E-state index contributed by atoms with van der Waals surface area (Å²) in [4.78, 5) is 45.9. The van der Waals surface area contributed by atoms with Crippen LogP contribution in [0.2, 0.25) is 0 Å². The molecule has 0 rings (SSSR count). The molecule has 0 bridgehead atoms. The molecule has 0 heterocycles.